The van der Waals surface area contributed by atoms with Crippen LogP contribution in [0, 0.1) is 6.92 Å². The summed E-state index contributed by atoms with van der Waals surface area (Å²) in [6.45, 7) is 6.17. The highest BCUT2D eigenvalue weighted by Gasteiger charge is 2.09. The van der Waals surface area contributed by atoms with Crippen molar-refractivity contribution in [2.45, 2.75) is 40.0 Å². The third-order valence-electron chi connectivity index (χ3n) is 4.15. The maximum Gasteiger partial charge on any atom is 0.261 e. The summed E-state index contributed by atoms with van der Waals surface area (Å²) >= 11 is 0. The fraction of sp³-hybridized carbons (Fsp3) is 0.286. The van der Waals surface area contributed by atoms with E-state index in [1.54, 1.807) is 6.07 Å². The minimum atomic E-state index is -0.242. The minimum absolute atomic E-state index is 0.0652. The Labute approximate surface area is 157 Å². The average molecular weight is 365 g/mol. The van der Waals surface area contributed by atoms with Crippen molar-refractivity contribution in [1.82, 2.24) is 14.9 Å². The molecular formula is C21H23N3O3. The maximum atomic E-state index is 12.5. The van der Waals surface area contributed by atoms with Gasteiger partial charge in [0.05, 0.1) is 23.3 Å². The van der Waals surface area contributed by atoms with Crippen LogP contribution >= 0.6 is 0 Å². The Bertz CT molecular complexity index is 1010. The van der Waals surface area contributed by atoms with Crippen LogP contribution in [-0.4, -0.2) is 21.6 Å². The first kappa shape index (κ1) is 18.6. The number of fused-ring (bicyclic) bond motifs is 1. The number of rotatable bonds is 6. The van der Waals surface area contributed by atoms with Crippen LogP contribution in [0.2, 0.25) is 0 Å². The number of carbonyl (C=O) groups excluding carboxylic acids is 1. The first-order chi connectivity index (χ1) is 12.9. The van der Waals surface area contributed by atoms with Crippen molar-refractivity contribution in [3.05, 3.63) is 70.3 Å². The number of amides is 1. The number of nitrogens with one attached hydrogen (secondary N) is 1. The maximum absolute atomic E-state index is 12.5. The summed E-state index contributed by atoms with van der Waals surface area (Å²) in [5.41, 5.74) is 2.35. The van der Waals surface area contributed by atoms with Crippen molar-refractivity contribution in [3.8, 4) is 5.75 Å². The van der Waals surface area contributed by atoms with Crippen molar-refractivity contribution < 1.29 is 9.53 Å². The first-order valence-corrected chi connectivity index (χ1v) is 8.91. The monoisotopic (exact) mass is 365 g/mol. The molecule has 0 aliphatic heterocycles. The molecule has 0 spiro atoms. The zero-order valence-electron chi connectivity index (χ0n) is 15.7. The molecule has 0 bridgehead atoms. The van der Waals surface area contributed by atoms with Crippen molar-refractivity contribution in [1.29, 1.82) is 0 Å². The number of para-hydroxylation sites is 1. The number of aromatic nitrogens is 2. The molecule has 0 atom stereocenters. The lowest BCUT2D eigenvalue weighted by molar-refractivity contribution is -0.121. The summed E-state index contributed by atoms with van der Waals surface area (Å²) < 4.78 is 6.93. The second kappa shape index (κ2) is 8.03. The van der Waals surface area contributed by atoms with E-state index in [4.69, 9.17) is 4.74 Å². The zero-order chi connectivity index (χ0) is 19.4. The summed E-state index contributed by atoms with van der Waals surface area (Å²) in [6, 6.07) is 13.0. The van der Waals surface area contributed by atoms with Gasteiger partial charge < -0.3 is 10.1 Å². The van der Waals surface area contributed by atoms with Gasteiger partial charge in [0, 0.05) is 6.54 Å². The summed E-state index contributed by atoms with van der Waals surface area (Å²) in [5, 5.41) is 3.35. The molecule has 1 heterocycles. The molecule has 140 valence electrons. The SMILES string of the molecule is Cc1cccc2c(=O)n(CC(=O)NCc3ccc(OC(C)C)cc3)cnc12. The molecule has 0 aliphatic rings. The van der Waals surface area contributed by atoms with Crippen LogP contribution in [-0.2, 0) is 17.9 Å². The number of ether oxygens (including phenoxy) is 1. The van der Waals surface area contributed by atoms with Gasteiger partial charge in [-0.25, -0.2) is 4.98 Å². The highest BCUT2D eigenvalue weighted by molar-refractivity contribution is 5.81. The van der Waals surface area contributed by atoms with Gasteiger partial charge in [-0.05, 0) is 50.1 Å². The Hall–Kier alpha value is -3.15. The topological polar surface area (TPSA) is 73.2 Å². The van der Waals surface area contributed by atoms with Gasteiger partial charge in [-0.15, -0.1) is 0 Å². The van der Waals surface area contributed by atoms with Crippen molar-refractivity contribution >= 4 is 16.8 Å². The molecule has 27 heavy (non-hydrogen) atoms. The third-order valence-corrected chi connectivity index (χ3v) is 4.15. The van der Waals surface area contributed by atoms with Crippen LogP contribution in [0.5, 0.6) is 5.75 Å². The van der Waals surface area contributed by atoms with E-state index in [1.807, 2.05) is 57.2 Å². The molecule has 1 amide bonds. The predicted octanol–water partition coefficient (Wildman–Crippen LogP) is 2.81. The molecule has 1 N–H and O–H groups in total. The number of hydrogen-bond donors (Lipinski definition) is 1. The van der Waals surface area contributed by atoms with E-state index < -0.39 is 0 Å². The molecule has 0 saturated heterocycles. The van der Waals surface area contributed by atoms with Crippen molar-refractivity contribution in [2.75, 3.05) is 0 Å². The van der Waals surface area contributed by atoms with Gasteiger partial charge in [-0.3, -0.25) is 14.2 Å². The lowest BCUT2D eigenvalue weighted by atomic mass is 10.1. The van der Waals surface area contributed by atoms with Crippen LogP contribution in [0.15, 0.2) is 53.6 Å². The molecule has 1 aromatic heterocycles. The number of carbonyl (C=O) groups is 1. The fourth-order valence-corrected chi connectivity index (χ4v) is 2.82. The molecule has 3 aromatic rings. The highest BCUT2D eigenvalue weighted by Crippen LogP contribution is 2.14. The second-order valence-electron chi connectivity index (χ2n) is 6.74. The van der Waals surface area contributed by atoms with E-state index in [1.165, 1.54) is 10.9 Å². The Morgan fingerprint density at radius 2 is 1.93 bits per heavy atom. The smallest absolute Gasteiger partial charge is 0.261 e. The third kappa shape index (κ3) is 4.53. The van der Waals surface area contributed by atoms with Crippen LogP contribution in [0.1, 0.15) is 25.0 Å². The van der Waals surface area contributed by atoms with Gasteiger partial charge in [-0.1, -0.05) is 24.3 Å². The molecule has 6 nitrogen and oxygen atoms in total. The van der Waals surface area contributed by atoms with Gasteiger partial charge in [0.1, 0.15) is 12.3 Å². The molecular weight excluding hydrogens is 342 g/mol. The van der Waals surface area contributed by atoms with E-state index >= 15 is 0 Å². The van der Waals surface area contributed by atoms with Crippen molar-refractivity contribution in [2.24, 2.45) is 0 Å². The Morgan fingerprint density at radius 3 is 2.63 bits per heavy atom. The molecule has 6 heteroatoms. The highest BCUT2D eigenvalue weighted by atomic mass is 16.5. The standard InChI is InChI=1S/C21H23N3O3/c1-14(2)27-17-9-7-16(8-10-17)11-22-19(25)12-24-13-23-20-15(3)5-4-6-18(20)21(24)26/h4-10,13-14H,11-12H2,1-3H3,(H,22,25). The lowest BCUT2D eigenvalue weighted by Gasteiger charge is -2.11. The Kier molecular flexibility index (Phi) is 5.54. The largest absolute Gasteiger partial charge is 0.491 e. The van der Waals surface area contributed by atoms with Crippen molar-refractivity contribution in [3.63, 3.8) is 0 Å². The molecule has 0 fully saturated rings. The molecule has 2 aromatic carbocycles. The van der Waals surface area contributed by atoms with Gasteiger partial charge in [0.15, 0.2) is 0 Å². The molecule has 0 unspecified atom stereocenters. The Balaban J connectivity index is 1.63. The summed E-state index contributed by atoms with van der Waals surface area (Å²) in [6.07, 6.45) is 1.54. The summed E-state index contributed by atoms with van der Waals surface area (Å²) in [4.78, 5) is 29.1. The molecule has 0 radical (unpaired) electrons. The zero-order valence-corrected chi connectivity index (χ0v) is 15.7. The quantitative estimate of drug-likeness (QED) is 0.729. The van der Waals surface area contributed by atoms with E-state index in [-0.39, 0.29) is 24.1 Å². The average Bonchev–Trinajstić information content (AvgIpc) is 2.63. The van der Waals surface area contributed by atoms with Gasteiger partial charge in [0.25, 0.3) is 5.56 Å². The molecule has 3 rings (SSSR count). The Morgan fingerprint density at radius 1 is 1.19 bits per heavy atom. The number of aryl methyl sites for hydroxylation is 1. The van der Waals surface area contributed by atoms with Gasteiger partial charge in [0.2, 0.25) is 5.91 Å². The van der Waals surface area contributed by atoms with Crippen LogP contribution < -0.4 is 15.6 Å². The second-order valence-corrected chi connectivity index (χ2v) is 6.74. The van der Waals surface area contributed by atoms with Crippen LogP contribution in [0.25, 0.3) is 10.9 Å². The van der Waals surface area contributed by atoms with E-state index in [9.17, 15) is 9.59 Å². The lowest BCUT2D eigenvalue weighted by Crippen LogP contribution is -2.32. The van der Waals surface area contributed by atoms with Gasteiger partial charge >= 0.3 is 0 Å². The summed E-state index contributed by atoms with van der Waals surface area (Å²) in [7, 11) is 0. The first-order valence-electron chi connectivity index (χ1n) is 8.91. The number of hydrogen-bond acceptors (Lipinski definition) is 4. The van der Waals surface area contributed by atoms with Crippen LogP contribution in [0.4, 0.5) is 0 Å². The van der Waals surface area contributed by atoms with Gasteiger partial charge in [-0.2, -0.15) is 0 Å². The summed E-state index contributed by atoms with van der Waals surface area (Å²) in [5.74, 6) is 0.553. The normalized spacial score (nSPS) is 11.0. The van der Waals surface area contributed by atoms with E-state index in [2.05, 4.69) is 10.3 Å². The molecule has 0 aliphatic carbocycles. The number of benzene rings is 2. The minimum Gasteiger partial charge on any atom is -0.491 e. The molecule has 0 saturated carbocycles. The van der Waals surface area contributed by atoms with E-state index in [0.717, 1.165) is 16.9 Å². The number of nitrogens with zero attached hydrogens (tertiary/aromatic N) is 2. The predicted molar refractivity (Wildman–Crippen MR) is 105 cm³/mol. The van der Waals surface area contributed by atoms with E-state index in [0.29, 0.717) is 17.4 Å². The fourth-order valence-electron chi connectivity index (χ4n) is 2.82. The van der Waals surface area contributed by atoms with Crippen LogP contribution in [0.3, 0.4) is 0 Å².